The summed E-state index contributed by atoms with van der Waals surface area (Å²) in [6.45, 7) is 2.02. The predicted molar refractivity (Wildman–Crippen MR) is 75.9 cm³/mol. The van der Waals surface area contributed by atoms with Crippen LogP contribution in [0.3, 0.4) is 0 Å². The highest BCUT2D eigenvalue weighted by molar-refractivity contribution is 5.27. The van der Waals surface area contributed by atoms with E-state index in [2.05, 4.69) is 45.6 Å². The Balaban J connectivity index is 1.77. The fourth-order valence-electron chi connectivity index (χ4n) is 2.76. The van der Waals surface area contributed by atoms with Gasteiger partial charge >= 0.3 is 0 Å². The lowest BCUT2D eigenvalue weighted by Crippen LogP contribution is -2.21. The summed E-state index contributed by atoms with van der Waals surface area (Å²) in [5.41, 5.74) is 2.54. The second kappa shape index (κ2) is 5.10. The van der Waals surface area contributed by atoms with Gasteiger partial charge in [-0.3, -0.25) is 0 Å². The lowest BCUT2D eigenvalue weighted by atomic mass is 10.0. The molecule has 0 bridgehead atoms. The molecule has 1 aromatic carbocycles. The second-order valence-corrected chi connectivity index (χ2v) is 5.30. The normalized spacial score (nSPS) is 23.1. The highest BCUT2D eigenvalue weighted by Crippen LogP contribution is 2.53. The van der Waals surface area contributed by atoms with Gasteiger partial charge in [-0.05, 0) is 43.4 Å². The smallest absolute Gasteiger partial charge is 0.145 e. The van der Waals surface area contributed by atoms with Gasteiger partial charge < -0.3 is 5.32 Å². The fourth-order valence-corrected chi connectivity index (χ4v) is 2.76. The summed E-state index contributed by atoms with van der Waals surface area (Å²) in [6, 6.07) is 11.0. The van der Waals surface area contributed by atoms with Crippen LogP contribution in [0, 0.1) is 12.8 Å². The molecule has 1 saturated carbocycles. The Morgan fingerprint density at radius 1 is 1.16 bits per heavy atom. The Kier molecular flexibility index (Phi) is 3.30. The lowest BCUT2D eigenvalue weighted by Gasteiger charge is -2.14. The molecule has 1 fully saturated rings. The van der Waals surface area contributed by atoms with Crippen molar-refractivity contribution < 1.29 is 0 Å². The molecule has 19 heavy (non-hydrogen) atoms. The first-order valence-corrected chi connectivity index (χ1v) is 6.80. The second-order valence-electron chi connectivity index (χ2n) is 5.30. The molecule has 3 nitrogen and oxygen atoms in total. The molecule has 1 aromatic heterocycles. The number of aryl methyl sites for hydroxylation is 1. The van der Waals surface area contributed by atoms with Crippen LogP contribution in [0.4, 0.5) is 0 Å². The number of hydrogen-bond donors (Lipinski definition) is 1. The van der Waals surface area contributed by atoms with Crippen LogP contribution in [-0.2, 0) is 0 Å². The summed E-state index contributed by atoms with van der Waals surface area (Å²) in [4.78, 5) is 8.93. The molecule has 0 radical (unpaired) electrons. The van der Waals surface area contributed by atoms with Crippen molar-refractivity contribution in [3.63, 3.8) is 0 Å². The van der Waals surface area contributed by atoms with E-state index in [-0.39, 0.29) is 6.04 Å². The van der Waals surface area contributed by atoms with E-state index in [4.69, 9.17) is 0 Å². The number of rotatable bonds is 4. The van der Waals surface area contributed by atoms with Crippen molar-refractivity contribution in [2.24, 2.45) is 5.92 Å². The van der Waals surface area contributed by atoms with E-state index in [9.17, 15) is 0 Å². The third-order valence-electron chi connectivity index (χ3n) is 3.89. The number of nitrogens with one attached hydrogen (secondary N) is 1. The minimum Gasteiger partial charge on any atom is -0.310 e. The molecule has 1 aliphatic rings. The molecule has 0 aliphatic heterocycles. The number of hydrogen-bond acceptors (Lipinski definition) is 3. The van der Waals surface area contributed by atoms with E-state index < -0.39 is 0 Å². The van der Waals surface area contributed by atoms with Crippen LogP contribution in [0.1, 0.15) is 35.3 Å². The van der Waals surface area contributed by atoms with Crippen molar-refractivity contribution in [2.75, 3.05) is 7.05 Å². The third-order valence-corrected chi connectivity index (χ3v) is 3.89. The maximum atomic E-state index is 4.47. The monoisotopic (exact) mass is 253 g/mol. The molecule has 0 saturated heterocycles. The topological polar surface area (TPSA) is 37.8 Å². The van der Waals surface area contributed by atoms with Crippen molar-refractivity contribution >= 4 is 0 Å². The van der Waals surface area contributed by atoms with Crippen LogP contribution in [0.15, 0.2) is 42.7 Å². The van der Waals surface area contributed by atoms with Crippen LogP contribution in [0.2, 0.25) is 0 Å². The first kappa shape index (κ1) is 12.3. The Morgan fingerprint density at radius 2 is 1.84 bits per heavy atom. The van der Waals surface area contributed by atoms with Crippen molar-refractivity contribution in [3.05, 3.63) is 59.7 Å². The molecule has 0 spiro atoms. The molecule has 3 heteroatoms. The Hall–Kier alpha value is -1.74. The molecule has 2 aromatic rings. The molecule has 98 valence electrons. The molecule has 1 N–H and O–H groups in total. The van der Waals surface area contributed by atoms with Crippen molar-refractivity contribution in [3.8, 4) is 0 Å². The average Bonchev–Trinajstić information content (AvgIpc) is 3.23. The first-order valence-electron chi connectivity index (χ1n) is 6.80. The molecule has 1 aliphatic carbocycles. The first-order chi connectivity index (χ1) is 9.29. The Morgan fingerprint density at radius 3 is 2.47 bits per heavy atom. The third kappa shape index (κ3) is 2.51. The zero-order valence-electron chi connectivity index (χ0n) is 11.4. The van der Waals surface area contributed by atoms with Crippen molar-refractivity contribution in [1.82, 2.24) is 15.3 Å². The van der Waals surface area contributed by atoms with E-state index in [0.29, 0.717) is 11.8 Å². The molecular formula is C16H19N3. The zero-order valence-corrected chi connectivity index (χ0v) is 11.4. The standard InChI is InChI=1S/C16H19N3/c1-11-9-18-16(19-10-11)15(17-2)14-8-13(14)12-6-4-3-5-7-12/h3-7,9-10,13-15,17H,8H2,1-2H3. The largest absolute Gasteiger partial charge is 0.310 e. The van der Waals surface area contributed by atoms with Gasteiger partial charge in [-0.25, -0.2) is 9.97 Å². The van der Waals surface area contributed by atoms with Gasteiger partial charge in [0.15, 0.2) is 0 Å². The summed E-state index contributed by atoms with van der Waals surface area (Å²) in [7, 11) is 1.99. The van der Waals surface area contributed by atoms with Gasteiger partial charge in [0.2, 0.25) is 0 Å². The molecule has 3 rings (SSSR count). The van der Waals surface area contributed by atoms with Gasteiger partial charge in [0.05, 0.1) is 6.04 Å². The van der Waals surface area contributed by atoms with Crippen LogP contribution in [0.5, 0.6) is 0 Å². The van der Waals surface area contributed by atoms with Gasteiger partial charge in [-0.2, -0.15) is 0 Å². The maximum absolute atomic E-state index is 4.47. The lowest BCUT2D eigenvalue weighted by molar-refractivity contribution is 0.490. The van der Waals surface area contributed by atoms with Gasteiger partial charge in [-0.1, -0.05) is 30.3 Å². The van der Waals surface area contributed by atoms with Gasteiger partial charge in [0.25, 0.3) is 0 Å². The van der Waals surface area contributed by atoms with Crippen LogP contribution < -0.4 is 5.32 Å². The van der Waals surface area contributed by atoms with Gasteiger partial charge in [0.1, 0.15) is 5.82 Å². The minimum absolute atomic E-state index is 0.255. The molecule has 3 atom stereocenters. The quantitative estimate of drug-likeness (QED) is 0.910. The van der Waals surface area contributed by atoms with E-state index in [1.165, 1.54) is 12.0 Å². The molecule has 0 amide bonds. The average molecular weight is 253 g/mol. The highest BCUT2D eigenvalue weighted by Gasteiger charge is 2.44. The number of nitrogens with zero attached hydrogens (tertiary/aromatic N) is 2. The highest BCUT2D eigenvalue weighted by atomic mass is 15.0. The number of benzene rings is 1. The van der Waals surface area contributed by atoms with E-state index >= 15 is 0 Å². The van der Waals surface area contributed by atoms with Crippen LogP contribution in [-0.4, -0.2) is 17.0 Å². The molecule has 1 heterocycles. The summed E-state index contributed by atoms with van der Waals surface area (Å²) < 4.78 is 0. The zero-order chi connectivity index (χ0) is 13.2. The minimum atomic E-state index is 0.255. The maximum Gasteiger partial charge on any atom is 0.145 e. The van der Waals surface area contributed by atoms with Crippen molar-refractivity contribution in [1.29, 1.82) is 0 Å². The summed E-state index contributed by atoms with van der Waals surface area (Å²) in [5.74, 6) is 2.16. The van der Waals surface area contributed by atoms with E-state index in [1.807, 2.05) is 26.4 Å². The van der Waals surface area contributed by atoms with Gasteiger partial charge in [0, 0.05) is 12.4 Å². The van der Waals surface area contributed by atoms with E-state index in [0.717, 1.165) is 11.4 Å². The van der Waals surface area contributed by atoms with Crippen LogP contribution >= 0.6 is 0 Å². The Bertz CT molecular complexity index is 536. The van der Waals surface area contributed by atoms with Crippen LogP contribution in [0.25, 0.3) is 0 Å². The summed E-state index contributed by atoms with van der Waals surface area (Å²) in [5, 5.41) is 3.37. The van der Waals surface area contributed by atoms with Crippen molar-refractivity contribution in [2.45, 2.75) is 25.3 Å². The van der Waals surface area contributed by atoms with Gasteiger partial charge in [-0.15, -0.1) is 0 Å². The summed E-state index contributed by atoms with van der Waals surface area (Å²) in [6.07, 6.45) is 5.01. The predicted octanol–water partition coefficient (Wildman–Crippen LogP) is 2.85. The Labute approximate surface area is 114 Å². The molecule has 3 unspecified atom stereocenters. The molecular weight excluding hydrogens is 234 g/mol. The SMILES string of the molecule is CNC(c1ncc(C)cn1)C1CC1c1ccccc1. The van der Waals surface area contributed by atoms with E-state index in [1.54, 1.807) is 0 Å². The summed E-state index contributed by atoms with van der Waals surface area (Å²) >= 11 is 0. The number of aromatic nitrogens is 2. The fraction of sp³-hybridized carbons (Fsp3) is 0.375.